The van der Waals surface area contributed by atoms with E-state index < -0.39 is 22.0 Å². The van der Waals surface area contributed by atoms with Crippen LogP contribution in [0.4, 0.5) is 0 Å². The lowest BCUT2D eigenvalue weighted by atomic mass is 10.1. The van der Waals surface area contributed by atoms with E-state index >= 15 is 0 Å². The minimum Gasteiger partial charge on any atom is -0.357 e. The molecule has 3 aromatic rings. The number of benzene rings is 1. The van der Waals surface area contributed by atoms with Crippen molar-refractivity contribution < 1.29 is 18.0 Å². The van der Waals surface area contributed by atoms with Crippen LogP contribution in [0.25, 0.3) is 10.9 Å². The predicted molar refractivity (Wildman–Crippen MR) is 133 cm³/mol. The number of nitrogens with one attached hydrogen (secondary N) is 3. The first-order valence-electron chi connectivity index (χ1n) is 11.2. The quantitative estimate of drug-likeness (QED) is 0.464. The SMILES string of the molecule is CNC(=O)C1CN(S(=O)(=O)c2cc3cc(Cl)ccc3[nH]2)CCN1C(=O)c1nc2c(s1)CNC(C)C2. The summed E-state index contributed by atoms with van der Waals surface area (Å²) in [5.41, 5.74) is 1.54. The zero-order valence-electron chi connectivity index (χ0n) is 19.2. The molecule has 35 heavy (non-hydrogen) atoms. The third-order valence-electron chi connectivity index (χ3n) is 6.40. The maximum Gasteiger partial charge on any atom is 0.283 e. The van der Waals surface area contributed by atoms with E-state index in [1.807, 2.05) is 0 Å². The van der Waals surface area contributed by atoms with Gasteiger partial charge in [0.2, 0.25) is 5.91 Å². The van der Waals surface area contributed by atoms with Gasteiger partial charge in [0.15, 0.2) is 5.01 Å². The van der Waals surface area contributed by atoms with Crippen LogP contribution >= 0.6 is 22.9 Å². The standard InChI is InChI=1S/C22H25ClN6O4S2/c1-12-7-16-18(10-25-12)34-21(27-16)22(31)29-6-5-28(11-17(29)20(30)24-2)35(32,33)19-9-13-8-14(23)3-4-15(13)26-19/h3-4,8-9,12,17,25-26H,5-7,10-11H2,1-2H3,(H,24,30). The Morgan fingerprint density at radius 2 is 2.06 bits per heavy atom. The number of thiazole rings is 1. The Bertz CT molecular complexity index is 1420. The molecule has 0 saturated carbocycles. The molecule has 1 aromatic carbocycles. The Labute approximate surface area is 211 Å². The third kappa shape index (κ3) is 4.45. The predicted octanol–water partition coefficient (Wildman–Crippen LogP) is 1.57. The normalized spacial score (nSPS) is 21.2. The molecule has 10 nitrogen and oxygen atoms in total. The largest absolute Gasteiger partial charge is 0.357 e. The fourth-order valence-electron chi connectivity index (χ4n) is 4.49. The summed E-state index contributed by atoms with van der Waals surface area (Å²) in [7, 11) is -2.47. The minimum absolute atomic E-state index is 0.0134. The van der Waals surface area contributed by atoms with Crippen LogP contribution in [0.5, 0.6) is 0 Å². The Kier molecular flexibility index (Phi) is 6.34. The summed E-state index contributed by atoms with van der Waals surface area (Å²) in [6.07, 6.45) is 0.736. The smallest absolute Gasteiger partial charge is 0.283 e. The van der Waals surface area contributed by atoms with E-state index in [4.69, 9.17) is 11.6 Å². The summed E-state index contributed by atoms with van der Waals surface area (Å²) in [5, 5.41) is 7.42. The lowest BCUT2D eigenvalue weighted by Gasteiger charge is -2.39. The van der Waals surface area contributed by atoms with Crippen molar-refractivity contribution in [3.63, 3.8) is 0 Å². The molecule has 1 saturated heterocycles. The number of aromatic nitrogens is 2. The summed E-state index contributed by atoms with van der Waals surface area (Å²) in [5.74, 6) is -0.791. The van der Waals surface area contributed by atoms with Crippen LogP contribution in [0.3, 0.4) is 0 Å². The number of nitrogens with zero attached hydrogens (tertiary/aromatic N) is 3. The molecule has 1 fully saturated rings. The fraction of sp³-hybridized carbons (Fsp3) is 0.409. The summed E-state index contributed by atoms with van der Waals surface area (Å²) < 4.78 is 28.1. The Balaban J connectivity index is 1.40. The minimum atomic E-state index is -3.94. The summed E-state index contributed by atoms with van der Waals surface area (Å²) in [6, 6.07) is 5.90. The first-order valence-corrected chi connectivity index (χ1v) is 13.8. The molecule has 13 heteroatoms. The molecular formula is C22H25ClN6O4S2. The average Bonchev–Trinajstić information content (AvgIpc) is 3.46. The molecule has 0 aliphatic carbocycles. The molecule has 2 aliphatic rings. The number of likely N-dealkylation sites (N-methyl/N-ethyl adjacent to an activating group) is 1. The topological polar surface area (TPSA) is 128 Å². The maximum absolute atomic E-state index is 13.4. The summed E-state index contributed by atoms with van der Waals surface area (Å²) >= 11 is 7.36. The number of sulfonamides is 1. The number of aromatic amines is 1. The van der Waals surface area contributed by atoms with Gasteiger partial charge in [-0.3, -0.25) is 9.59 Å². The molecule has 5 rings (SSSR count). The second-order valence-electron chi connectivity index (χ2n) is 8.73. The molecule has 2 amide bonds. The zero-order valence-corrected chi connectivity index (χ0v) is 21.6. The monoisotopic (exact) mass is 536 g/mol. The van der Waals surface area contributed by atoms with Crippen LogP contribution in [0.1, 0.15) is 27.3 Å². The molecule has 2 unspecified atom stereocenters. The van der Waals surface area contributed by atoms with Crippen molar-refractivity contribution >= 4 is 55.7 Å². The molecule has 3 N–H and O–H groups in total. The highest BCUT2D eigenvalue weighted by Gasteiger charge is 2.41. The average molecular weight is 537 g/mol. The molecular weight excluding hydrogens is 512 g/mol. The maximum atomic E-state index is 13.4. The van der Waals surface area contributed by atoms with Gasteiger partial charge in [-0.25, -0.2) is 13.4 Å². The number of hydrogen-bond donors (Lipinski definition) is 3. The van der Waals surface area contributed by atoms with Crippen LogP contribution < -0.4 is 10.6 Å². The lowest BCUT2D eigenvalue weighted by Crippen LogP contribution is -2.61. The van der Waals surface area contributed by atoms with Gasteiger partial charge in [-0.2, -0.15) is 4.31 Å². The van der Waals surface area contributed by atoms with E-state index in [1.165, 1.54) is 33.7 Å². The number of carbonyl (C=O) groups is 2. The van der Waals surface area contributed by atoms with Gasteiger partial charge < -0.3 is 20.5 Å². The van der Waals surface area contributed by atoms with Crippen molar-refractivity contribution in [3.8, 4) is 0 Å². The highest BCUT2D eigenvalue weighted by molar-refractivity contribution is 7.89. The van der Waals surface area contributed by atoms with Gasteiger partial charge in [0.1, 0.15) is 11.1 Å². The van der Waals surface area contributed by atoms with Crippen molar-refractivity contribution in [1.82, 2.24) is 29.8 Å². The number of fused-ring (bicyclic) bond motifs is 2. The van der Waals surface area contributed by atoms with Crippen molar-refractivity contribution in [1.29, 1.82) is 0 Å². The molecule has 2 aliphatic heterocycles. The van der Waals surface area contributed by atoms with Gasteiger partial charge in [-0.05, 0) is 31.2 Å². The second-order valence-corrected chi connectivity index (χ2v) is 12.2. The molecule has 2 atom stereocenters. The summed E-state index contributed by atoms with van der Waals surface area (Å²) in [6.45, 7) is 2.69. The van der Waals surface area contributed by atoms with Gasteiger partial charge >= 0.3 is 0 Å². The second kappa shape index (κ2) is 9.17. The Morgan fingerprint density at radius 3 is 2.83 bits per heavy atom. The number of hydrogen-bond acceptors (Lipinski definition) is 7. The first-order chi connectivity index (χ1) is 16.7. The van der Waals surface area contributed by atoms with E-state index in [1.54, 1.807) is 18.2 Å². The van der Waals surface area contributed by atoms with Crippen LogP contribution in [-0.2, 0) is 27.8 Å². The van der Waals surface area contributed by atoms with E-state index in [0.29, 0.717) is 27.5 Å². The number of halogens is 1. The van der Waals surface area contributed by atoms with Crippen molar-refractivity contribution in [3.05, 3.63) is 44.9 Å². The number of rotatable bonds is 4. The first kappa shape index (κ1) is 24.2. The molecule has 2 aromatic heterocycles. The number of amides is 2. The van der Waals surface area contributed by atoms with Gasteiger partial charge in [0.25, 0.3) is 15.9 Å². The highest BCUT2D eigenvalue weighted by atomic mass is 35.5. The highest BCUT2D eigenvalue weighted by Crippen LogP contribution is 2.28. The van der Waals surface area contributed by atoms with E-state index in [2.05, 4.69) is 27.5 Å². The molecule has 4 heterocycles. The molecule has 0 bridgehead atoms. The number of H-pyrrole nitrogens is 1. The van der Waals surface area contributed by atoms with Gasteiger partial charge in [-0.1, -0.05) is 11.6 Å². The Hall–Kier alpha value is -2.51. The molecule has 186 valence electrons. The third-order valence-corrected chi connectivity index (χ3v) is 9.51. The van der Waals surface area contributed by atoms with Crippen LogP contribution in [0.15, 0.2) is 29.3 Å². The van der Waals surface area contributed by atoms with Gasteiger partial charge in [0, 0.05) is 66.5 Å². The van der Waals surface area contributed by atoms with E-state index in [9.17, 15) is 18.0 Å². The molecule has 0 radical (unpaired) electrons. The van der Waals surface area contributed by atoms with Gasteiger partial charge in [-0.15, -0.1) is 11.3 Å². The fourth-order valence-corrected chi connectivity index (χ4v) is 7.12. The molecule has 0 spiro atoms. The number of piperazine rings is 1. The van der Waals surface area contributed by atoms with Crippen LogP contribution in [0, 0.1) is 0 Å². The van der Waals surface area contributed by atoms with Crippen LogP contribution in [-0.4, -0.2) is 78.2 Å². The van der Waals surface area contributed by atoms with E-state index in [0.717, 1.165) is 17.0 Å². The summed E-state index contributed by atoms with van der Waals surface area (Å²) in [4.78, 5) is 36.1. The van der Waals surface area contributed by atoms with E-state index in [-0.39, 0.29) is 36.6 Å². The number of carbonyl (C=O) groups excluding carboxylic acids is 2. The van der Waals surface area contributed by atoms with Crippen molar-refractivity contribution in [2.75, 3.05) is 26.7 Å². The lowest BCUT2D eigenvalue weighted by molar-refractivity contribution is -0.126. The van der Waals surface area contributed by atoms with Gasteiger partial charge in [0.05, 0.1) is 5.69 Å². The van der Waals surface area contributed by atoms with Crippen molar-refractivity contribution in [2.45, 2.75) is 37.0 Å². The van der Waals surface area contributed by atoms with Crippen molar-refractivity contribution in [2.24, 2.45) is 0 Å². The Morgan fingerprint density at radius 1 is 1.26 bits per heavy atom. The zero-order chi connectivity index (χ0) is 24.9. The van der Waals surface area contributed by atoms with Crippen LogP contribution in [0.2, 0.25) is 5.02 Å².